The Morgan fingerprint density at radius 2 is 1.96 bits per heavy atom. The van der Waals surface area contributed by atoms with E-state index >= 15 is 0 Å². The lowest BCUT2D eigenvalue weighted by molar-refractivity contribution is -0.0492. The molecule has 1 aliphatic carbocycles. The number of rotatable bonds is 5. The second-order valence-electron chi connectivity index (χ2n) is 8.86. The monoisotopic (exact) mass is 412 g/mol. The zero-order valence-corrected chi connectivity index (χ0v) is 17.7. The molecule has 1 saturated carbocycles. The summed E-state index contributed by atoms with van der Waals surface area (Å²) in [4.78, 5) is 8.01. The summed E-state index contributed by atoms with van der Waals surface area (Å²) in [6, 6.07) is 5.34. The quantitative estimate of drug-likeness (QED) is 0.631. The molecule has 1 aliphatic rings. The molecule has 2 aromatic rings. The molecule has 28 heavy (non-hydrogen) atoms. The van der Waals surface area contributed by atoms with E-state index in [1.54, 1.807) is 0 Å². The van der Waals surface area contributed by atoms with Crippen molar-refractivity contribution in [2.75, 3.05) is 0 Å². The fourth-order valence-electron chi connectivity index (χ4n) is 3.54. The van der Waals surface area contributed by atoms with E-state index in [1.165, 1.54) is 0 Å². The molecule has 2 unspecified atom stereocenters. The van der Waals surface area contributed by atoms with E-state index < -0.39 is 22.0 Å². The number of hydrogen-bond acceptors (Lipinski definition) is 4. The molecule has 1 aromatic heterocycles. The van der Waals surface area contributed by atoms with Crippen molar-refractivity contribution in [2.45, 2.75) is 76.1 Å². The number of benzene rings is 1. The van der Waals surface area contributed by atoms with Crippen LogP contribution in [-0.2, 0) is 11.4 Å². The fourth-order valence-corrected chi connectivity index (χ4v) is 4.42. The summed E-state index contributed by atoms with van der Waals surface area (Å²) < 4.78 is 42.8. The molecule has 0 saturated heterocycles. The van der Waals surface area contributed by atoms with Gasteiger partial charge in [0.1, 0.15) is 16.6 Å². The Hall–Kier alpha value is -1.22. The molecule has 0 aliphatic heterocycles. The van der Waals surface area contributed by atoms with Crippen molar-refractivity contribution in [1.82, 2.24) is 14.7 Å². The van der Waals surface area contributed by atoms with Crippen LogP contribution in [0.4, 0.5) is 8.78 Å². The van der Waals surface area contributed by atoms with E-state index in [0.717, 1.165) is 16.6 Å². The highest BCUT2D eigenvalue weighted by molar-refractivity contribution is 7.90. The van der Waals surface area contributed by atoms with Gasteiger partial charge >= 0.3 is 0 Å². The maximum Gasteiger partial charge on any atom is 0.248 e. The number of nitrogens with two attached hydrogens (primary N) is 1. The average Bonchev–Trinajstić information content (AvgIpc) is 3.01. The third-order valence-corrected chi connectivity index (χ3v) is 6.95. The summed E-state index contributed by atoms with van der Waals surface area (Å²) in [5.41, 5.74) is 8.58. The molecular formula is C20H30F2N4OS. The number of nitrogens with one attached hydrogen (secondary N) is 2. The molecule has 0 bridgehead atoms. The van der Waals surface area contributed by atoms with Crippen molar-refractivity contribution in [2.24, 2.45) is 11.7 Å². The molecule has 4 N–H and O–H groups in total. The maximum absolute atomic E-state index is 13.7. The number of aromatic nitrogens is 2. The van der Waals surface area contributed by atoms with Crippen LogP contribution in [0.2, 0.25) is 0 Å². The minimum Gasteiger partial charge on any atom is -0.598 e. The zero-order valence-electron chi connectivity index (χ0n) is 16.9. The number of aromatic amines is 1. The van der Waals surface area contributed by atoms with Gasteiger partial charge in [-0.15, -0.1) is 4.72 Å². The summed E-state index contributed by atoms with van der Waals surface area (Å²) in [5, 5.41) is 0. The number of fused-ring (bicyclic) bond motifs is 1. The molecule has 0 amide bonds. The third-order valence-electron chi connectivity index (χ3n) is 5.37. The van der Waals surface area contributed by atoms with Gasteiger partial charge in [-0.05, 0) is 64.2 Å². The number of H-pyrrole nitrogens is 1. The van der Waals surface area contributed by atoms with Crippen molar-refractivity contribution < 1.29 is 13.3 Å². The number of hydrogen-bond donors (Lipinski definition) is 3. The fraction of sp³-hybridized carbons (Fsp3) is 0.650. The topological polar surface area (TPSA) is 89.8 Å². The molecule has 1 heterocycles. The second-order valence-corrected chi connectivity index (χ2v) is 10.9. The average molecular weight is 413 g/mol. The molecule has 8 heteroatoms. The van der Waals surface area contributed by atoms with E-state index in [9.17, 15) is 13.3 Å². The van der Waals surface area contributed by atoms with Crippen LogP contribution < -0.4 is 10.5 Å². The predicted octanol–water partition coefficient (Wildman–Crippen LogP) is 4.50. The Morgan fingerprint density at radius 1 is 1.32 bits per heavy atom. The molecule has 0 spiro atoms. The van der Waals surface area contributed by atoms with Crippen molar-refractivity contribution >= 4 is 22.4 Å². The number of halogens is 2. The third kappa shape index (κ3) is 4.84. The van der Waals surface area contributed by atoms with Gasteiger partial charge in [0.25, 0.3) is 0 Å². The van der Waals surface area contributed by atoms with Crippen LogP contribution in [0.3, 0.4) is 0 Å². The first kappa shape index (κ1) is 21.5. The summed E-state index contributed by atoms with van der Waals surface area (Å²) in [5.74, 6) is -2.02. The molecule has 1 aromatic carbocycles. The first-order valence-corrected chi connectivity index (χ1v) is 10.9. The number of nitrogens with zero attached hydrogens (tertiary/aromatic N) is 1. The lowest BCUT2D eigenvalue weighted by Crippen LogP contribution is -2.44. The van der Waals surface area contributed by atoms with E-state index in [2.05, 4.69) is 9.71 Å². The Kier molecular flexibility index (Phi) is 6.06. The van der Waals surface area contributed by atoms with E-state index in [1.807, 2.05) is 45.9 Å². The lowest BCUT2D eigenvalue weighted by Gasteiger charge is -2.35. The lowest BCUT2D eigenvalue weighted by atomic mass is 9.82. The largest absolute Gasteiger partial charge is 0.598 e. The van der Waals surface area contributed by atoms with Crippen LogP contribution >= 0.6 is 0 Å². The normalized spacial score (nSPS) is 21.6. The Bertz CT molecular complexity index is 808. The van der Waals surface area contributed by atoms with Crippen molar-refractivity contribution in [3.8, 4) is 0 Å². The van der Waals surface area contributed by atoms with Gasteiger partial charge in [0.2, 0.25) is 5.92 Å². The van der Waals surface area contributed by atoms with Crippen LogP contribution in [0.1, 0.15) is 76.8 Å². The van der Waals surface area contributed by atoms with Crippen LogP contribution in [0.25, 0.3) is 11.0 Å². The summed E-state index contributed by atoms with van der Waals surface area (Å²) in [6.07, 6.45) is 0.447. The van der Waals surface area contributed by atoms with Gasteiger partial charge in [-0.1, -0.05) is 6.07 Å². The molecule has 1 fully saturated rings. The minimum atomic E-state index is -2.61. The smallest absolute Gasteiger partial charge is 0.248 e. The molecule has 0 radical (unpaired) electrons. The van der Waals surface area contributed by atoms with Gasteiger partial charge in [-0.2, -0.15) is 0 Å². The van der Waals surface area contributed by atoms with Gasteiger partial charge in [-0.25, -0.2) is 13.8 Å². The van der Waals surface area contributed by atoms with Crippen molar-refractivity contribution in [3.05, 3.63) is 29.6 Å². The first-order chi connectivity index (χ1) is 13.0. The Balaban J connectivity index is 1.92. The summed E-state index contributed by atoms with van der Waals surface area (Å²) in [6.45, 7) is 7.56. The van der Waals surface area contributed by atoms with Crippen LogP contribution in [0.5, 0.6) is 0 Å². The maximum atomic E-state index is 13.7. The summed E-state index contributed by atoms with van der Waals surface area (Å²) >= 11 is -1.34. The molecule has 3 rings (SSSR count). The van der Waals surface area contributed by atoms with Gasteiger partial charge in [-0.3, -0.25) is 0 Å². The zero-order chi connectivity index (χ0) is 20.7. The molecular weight excluding hydrogens is 382 g/mol. The van der Waals surface area contributed by atoms with Gasteiger partial charge in [0, 0.05) is 30.2 Å². The standard InChI is InChI=1S/C20H30F2N4OS/c1-12(23)14-5-6-15-16(11-14)25-18(24-15)17(26-28(27)19(2,3)4)13-7-9-20(21,22)10-8-13/h5-6,11-13,17,26H,7-10,23H2,1-4H3,(H,24,25)/t12?,17?,28-/m1/s1. The van der Waals surface area contributed by atoms with Crippen LogP contribution in [0, 0.1) is 5.92 Å². The predicted molar refractivity (Wildman–Crippen MR) is 109 cm³/mol. The summed E-state index contributed by atoms with van der Waals surface area (Å²) in [7, 11) is 0. The second kappa shape index (κ2) is 7.89. The van der Waals surface area contributed by atoms with Crippen molar-refractivity contribution in [3.63, 3.8) is 0 Å². The van der Waals surface area contributed by atoms with E-state index in [0.29, 0.717) is 18.7 Å². The van der Waals surface area contributed by atoms with E-state index in [-0.39, 0.29) is 30.8 Å². The minimum absolute atomic E-state index is 0.0561. The highest BCUT2D eigenvalue weighted by atomic mass is 32.2. The molecule has 5 nitrogen and oxygen atoms in total. The van der Waals surface area contributed by atoms with Gasteiger partial charge in [0.05, 0.1) is 11.0 Å². The van der Waals surface area contributed by atoms with Gasteiger partial charge < -0.3 is 15.3 Å². The highest BCUT2D eigenvalue weighted by Gasteiger charge is 2.41. The number of imidazole rings is 1. The van der Waals surface area contributed by atoms with Crippen molar-refractivity contribution in [1.29, 1.82) is 0 Å². The SMILES string of the molecule is CC(N)c1ccc2[nH]c(C(N[S@+]([O-])C(C)(C)C)C3CCC(F)(F)CC3)nc2c1. The van der Waals surface area contributed by atoms with Gasteiger partial charge in [0.15, 0.2) is 0 Å². The number of alkyl halides is 2. The Labute approximate surface area is 168 Å². The van der Waals surface area contributed by atoms with Crippen LogP contribution in [-0.4, -0.2) is 25.2 Å². The Morgan fingerprint density at radius 3 is 2.54 bits per heavy atom. The molecule has 3 atom stereocenters. The van der Waals surface area contributed by atoms with E-state index in [4.69, 9.17) is 10.7 Å². The first-order valence-electron chi connectivity index (χ1n) is 9.77. The van der Waals surface area contributed by atoms with Crippen LogP contribution in [0.15, 0.2) is 18.2 Å². The molecule has 156 valence electrons. The highest BCUT2D eigenvalue weighted by Crippen LogP contribution is 2.41.